The third-order valence-electron chi connectivity index (χ3n) is 2.32. The summed E-state index contributed by atoms with van der Waals surface area (Å²) in [4.78, 5) is 22.9. The fourth-order valence-electron chi connectivity index (χ4n) is 1.70. The van der Waals surface area contributed by atoms with E-state index < -0.39 is 17.4 Å². The summed E-state index contributed by atoms with van der Waals surface area (Å²) >= 11 is 0. The third kappa shape index (κ3) is 2.03. The smallest absolute Gasteiger partial charge is 0.295 e. The van der Waals surface area contributed by atoms with Crippen molar-refractivity contribution < 1.29 is 9.59 Å². The van der Waals surface area contributed by atoms with Crippen LogP contribution in [0, 0.1) is 10.8 Å². The summed E-state index contributed by atoms with van der Waals surface area (Å²) in [5.74, 6) is -0.593. The van der Waals surface area contributed by atoms with Gasteiger partial charge in [-0.2, -0.15) is 0 Å². The number of carbonyl (C=O) groups excluding carboxylic acids is 2. The molecule has 0 bridgehead atoms. The van der Waals surface area contributed by atoms with E-state index in [1.807, 2.05) is 13.8 Å². The van der Waals surface area contributed by atoms with Crippen molar-refractivity contribution in [2.24, 2.45) is 5.41 Å². The molecule has 1 rings (SSSR count). The first-order chi connectivity index (χ1) is 7.42. The highest BCUT2D eigenvalue weighted by Crippen LogP contribution is 2.29. The van der Waals surface area contributed by atoms with Crippen molar-refractivity contribution >= 4 is 17.8 Å². The van der Waals surface area contributed by atoms with Gasteiger partial charge in [-0.05, 0) is 20.3 Å². The first kappa shape index (κ1) is 12.2. The van der Waals surface area contributed by atoms with E-state index >= 15 is 0 Å². The monoisotopic (exact) mass is 221 g/mol. The number of carbonyl (C=O) groups is 2. The van der Waals surface area contributed by atoms with E-state index in [9.17, 15) is 9.59 Å². The molecule has 0 radical (unpaired) electrons. The quantitative estimate of drug-likeness (QED) is 0.628. The molecule has 1 unspecified atom stereocenters. The van der Waals surface area contributed by atoms with Gasteiger partial charge in [-0.1, -0.05) is 17.7 Å². The molecule has 0 aliphatic carbocycles. The molecule has 0 aromatic rings. The number of hydrogen-bond acceptors (Lipinski definition) is 3. The maximum Gasteiger partial charge on any atom is 0.326 e. The zero-order valence-electron chi connectivity index (χ0n) is 9.39. The largest absolute Gasteiger partial charge is 0.326 e. The minimum absolute atomic E-state index is 0.109. The maximum atomic E-state index is 11.9. The van der Waals surface area contributed by atoms with Crippen molar-refractivity contribution in [3.05, 3.63) is 24.3 Å². The van der Waals surface area contributed by atoms with Gasteiger partial charge in [-0.3, -0.25) is 20.8 Å². The Morgan fingerprint density at radius 1 is 1.44 bits per heavy atom. The van der Waals surface area contributed by atoms with E-state index in [1.165, 1.54) is 0 Å². The Bertz CT molecular complexity index is 372. The summed E-state index contributed by atoms with van der Waals surface area (Å²) in [6.07, 6.45) is 3.51. The van der Waals surface area contributed by atoms with Crippen LogP contribution in [0.5, 0.6) is 0 Å². The second-order valence-corrected chi connectivity index (χ2v) is 3.97. The van der Waals surface area contributed by atoms with Gasteiger partial charge in [0.05, 0.1) is 0 Å². The van der Waals surface area contributed by atoms with Crippen molar-refractivity contribution in [1.82, 2.24) is 10.6 Å². The van der Waals surface area contributed by atoms with Crippen LogP contribution in [0.1, 0.15) is 20.3 Å². The maximum absolute atomic E-state index is 11.9. The number of rotatable bonds is 3. The van der Waals surface area contributed by atoms with Crippen LogP contribution in [0.25, 0.3) is 0 Å². The molecule has 1 saturated heterocycles. The van der Waals surface area contributed by atoms with Gasteiger partial charge in [0.2, 0.25) is 5.91 Å². The van der Waals surface area contributed by atoms with Crippen LogP contribution in [-0.4, -0.2) is 17.8 Å². The Morgan fingerprint density at radius 3 is 2.50 bits per heavy atom. The molecule has 1 aliphatic rings. The number of urea groups is 1. The number of imide groups is 1. The van der Waals surface area contributed by atoms with Gasteiger partial charge in [-0.25, -0.2) is 4.79 Å². The van der Waals surface area contributed by atoms with E-state index in [-0.39, 0.29) is 12.3 Å². The molecule has 0 saturated carbocycles. The molecule has 86 valence electrons. The molecule has 5 heteroatoms. The minimum Gasteiger partial charge on any atom is -0.295 e. The number of amides is 3. The topological polar surface area (TPSA) is 82.1 Å². The average Bonchev–Trinajstić information content (AvgIpc) is 2.13. The lowest BCUT2D eigenvalue weighted by Crippen LogP contribution is -2.61. The number of allylic oxidation sites excluding steroid dienone is 2. The third-order valence-corrected chi connectivity index (χ3v) is 2.32. The molecular weight excluding hydrogens is 206 g/mol. The number of amidine groups is 1. The Kier molecular flexibility index (Phi) is 3.27. The summed E-state index contributed by atoms with van der Waals surface area (Å²) in [6, 6.07) is -0.656. The lowest BCUT2D eigenvalue weighted by molar-refractivity contribution is -0.125. The average molecular weight is 221 g/mol. The molecule has 1 atom stereocenters. The van der Waals surface area contributed by atoms with Gasteiger partial charge in [0.1, 0.15) is 11.3 Å². The van der Waals surface area contributed by atoms with Crippen LogP contribution in [0.4, 0.5) is 4.79 Å². The molecule has 5 nitrogen and oxygen atoms in total. The highest BCUT2D eigenvalue weighted by atomic mass is 16.2. The van der Waals surface area contributed by atoms with Crippen molar-refractivity contribution in [3.8, 4) is 0 Å². The Balaban J connectivity index is 3.22. The fourth-order valence-corrected chi connectivity index (χ4v) is 1.70. The summed E-state index contributed by atoms with van der Waals surface area (Å²) in [5, 5.41) is 12.2. The van der Waals surface area contributed by atoms with Gasteiger partial charge in [-0.15, -0.1) is 6.58 Å². The van der Waals surface area contributed by atoms with Crippen LogP contribution in [0.2, 0.25) is 0 Å². The normalized spacial score (nSPS) is 24.5. The van der Waals surface area contributed by atoms with Crippen molar-refractivity contribution in [1.29, 1.82) is 5.41 Å². The Hall–Kier alpha value is -1.91. The van der Waals surface area contributed by atoms with Gasteiger partial charge < -0.3 is 0 Å². The van der Waals surface area contributed by atoms with Crippen molar-refractivity contribution in [3.63, 3.8) is 0 Å². The second kappa shape index (κ2) is 4.30. The SMILES string of the molecule is C=CCC1(C=C(C)C)C(=N)NC(=O)NC1=O. The van der Waals surface area contributed by atoms with Crippen LogP contribution in [0.3, 0.4) is 0 Å². The molecule has 16 heavy (non-hydrogen) atoms. The predicted octanol–water partition coefficient (Wildman–Crippen LogP) is 1.33. The first-order valence-electron chi connectivity index (χ1n) is 4.91. The van der Waals surface area contributed by atoms with Gasteiger partial charge in [0.15, 0.2) is 0 Å². The van der Waals surface area contributed by atoms with E-state index in [1.54, 1.807) is 12.2 Å². The summed E-state index contributed by atoms with van der Waals surface area (Å²) in [5.41, 5.74) is -0.230. The van der Waals surface area contributed by atoms with Crippen molar-refractivity contribution in [2.45, 2.75) is 20.3 Å². The van der Waals surface area contributed by atoms with E-state index in [0.29, 0.717) is 0 Å². The Morgan fingerprint density at radius 2 is 2.06 bits per heavy atom. The molecule has 0 aromatic heterocycles. The highest BCUT2D eigenvalue weighted by Gasteiger charge is 2.44. The van der Waals surface area contributed by atoms with Gasteiger partial charge in [0.25, 0.3) is 0 Å². The standard InChI is InChI=1S/C11H15N3O2/c1-4-5-11(6-7(2)3)8(12)13-10(16)14-9(11)15/h4,6H,1,5H2,2-3H3,(H3,12,13,14,15,16). The molecule has 0 aromatic carbocycles. The van der Waals surface area contributed by atoms with E-state index in [0.717, 1.165) is 5.57 Å². The second-order valence-electron chi connectivity index (χ2n) is 3.97. The summed E-state index contributed by atoms with van der Waals surface area (Å²) in [7, 11) is 0. The summed E-state index contributed by atoms with van der Waals surface area (Å²) < 4.78 is 0. The zero-order valence-corrected chi connectivity index (χ0v) is 9.39. The zero-order chi connectivity index (χ0) is 12.3. The Labute approximate surface area is 94.1 Å². The fraction of sp³-hybridized carbons (Fsp3) is 0.364. The number of nitrogens with one attached hydrogen (secondary N) is 3. The van der Waals surface area contributed by atoms with E-state index in [2.05, 4.69) is 17.2 Å². The molecule has 1 heterocycles. The summed E-state index contributed by atoms with van der Waals surface area (Å²) in [6.45, 7) is 7.25. The molecule has 1 aliphatic heterocycles. The lowest BCUT2D eigenvalue weighted by Gasteiger charge is -2.33. The minimum atomic E-state index is -1.13. The lowest BCUT2D eigenvalue weighted by atomic mass is 9.79. The van der Waals surface area contributed by atoms with E-state index in [4.69, 9.17) is 5.41 Å². The van der Waals surface area contributed by atoms with Crippen LogP contribution in [-0.2, 0) is 4.79 Å². The van der Waals surface area contributed by atoms with Crippen molar-refractivity contribution in [2.75, 3.05) is 0 Å². The highest BCUT2D eigenvalue weighted by molar-refractivity contribution is 6.21. The molecule has 0 spiro atoms. The van der Waals surface area contributed by atoms with Gasteiger partial charge in [0, 0.05) is 0 Å². The molecule has 3 amide bonds. The first-order valence-corrected chi connectivity index (χ1v) is 4.91. The van der Waals surface area contributed by atoms with Gasteiger partial charge >= 0.3 is 6.03 Å². The molecule has 1 fully saturated rings. The van der Waals surface area contributed by atoms with Crippen LogP contribution >= 0.6 is 0 Å². The molecule has 3 N–H and O–H groups in total. The predicted molar refractivity (Wildman–Crippen MR) is 61.1 cm³/mol. The molecular formula is C11H15N3O2. The number of hydrogen-bond donors (Lipinski definition) is 3. The van der Waals surface area contributed by atoms with Crippen LogP contribution < -0.4 is 10.6 Å². The van der Waals surface area contributed by atoms with Crippen LogP contribution in [0.15, 0.2) is 24.3 Å².